The molecular weight excluding hydrogens is 206 g/mol. The predicted octanol–water partition coefficient (Wildman–Crippen LogP) is 0.571. The van der Waals surface area contributed by atoms with Crippen molar-refractivity contribution in [3.8, 4) is 0 Å². The Morgan fingerprint density at radius 3 is 3.12 bits per heavy atom. The van der Waals surface area contributed by atoms with Gasteiger partial charge in [0.2, 0.25) is 0 Å². The van der Waals surface area contributed by atoms with Gasteiger partial charge < -0.3 is 15.8 Å². The van der Waals surface area contributed by atoms with Gasteiger partial charge in [-0.05, 0) is 19.4 Å². The number of carbonyl (C=O) groups is 1. The van der Waals surface area contributed by atoms with Crippen LogP contribution in [0.4, 0.5) is 5.69 Å². The van der Waals surface area contributed by atoms with Gasteiger partial charge in [-0.25, -0.2) is 0 Å². The molecule has 0 saturated carbocycles. The fraction of sp³-hybridized carbons (Fsp3) is 0.455. The maximum absolute atomic E-state index is 11.9. The molecule has 2 heterocycles. The number of nitrogens with one attached hydrogen (secondary N) is 1. The minimum atomic E-state index is -0.165. The topological polar surface area (TPSA) is 77.2 Å². The molecule has 0 bridgehead atoms. The summed E-state index contributed by atoms with van der Waals surface area (Å²) in [5.41, 5.74) is 6.54. The number of hydrogen-bond donors (Lipinski definition) is 2. The fourth-order valence-corrected chi connectivity index (χ4v) is 1.78. The van der Waals surface area contributed by atoms with Gasteiger partial charge in [-0.1, -0.05) is 0 Å². The summed E-state index contributed by atoms with van der Waals surface area (Å²) in [6.45, 7) is 2.64. The van der Waals surface area contributed by atoms with Crippen molar-refractivity contribution in [2.24, 2.45) is 0 Å². The number of nitrogen functional groups attached to an aromatic ring is 1. The number of pyridine rings is 1. The highest BCUT2D eigenvalue weighted by Gasteiger charge is 2.26. The molecule has 0 radical (unpaired) electrons. The summed E-state index contributed by atoms with van der Waals surface area (Å²) >= 11 is 0. The van der Waals surface area contributed by atoms with Crippen molar-refractivity contribution in [3.05, 3.63) is 24.0 Å². The van der Waals surface area contributed by atoms with Crippen molar-refractivity contribution in [2.75, 3.05) is 12.3 Å². The van der Waals surface area contributed by atoms with E-state index in [1.807, 2.05) is 6.92 Å². The molecule has 2 atom stereocenters. The van der Waals surface area contributed by atoms with Crippen LogP contribution in [0.15, 0.2) is 18.5 Å². The van der Waals surface area contributed by atoms with E-state index < -0.39 is 0 Å². The molecule has 5 nitrogen and oxygen atoms in total. The first-order valence-electron chi connectivity index (χ1n) is 5.30. The van der Waals surface area contributed by atoms with Gasteiger partial charge in [0.15, 0.2) is 0 Å². The van der Waals surface area contributed by atoms with E-state index in [1.165, 1.54) is 6.20 Å². The van der Waals surface area contributed by atoms with Crippen LogP contribution in [-0.4, -0.2) is 29.6 Å². The smallest absolute Gasteiger partial charge is 0.253 e. The van der Waals surface area contributed by atoms with Gasteiger partial charge in [0.1, 0.15) is 0 Å². The zero-order valence-electron chi connectivity index (χ0n) is 9.14. The summed E-state index contributed by atoms with van der Waals surface area (Å²) in [6, 6.07) is 1.69. The van der Waals surface area contributed by atoms with Gasteiger partial charge in [-0.2, -0.15) is 0 Å². The van der Waals surface area contributed by atoms with Gasteiger partial charge in [0, 0.05) is 12.8 Å². The van der Waals surface area contributed by atoms with E-state index in [0.717, 1.165) is 6.42 Å². The average Bonchev–Trinajstić information content (AvgIpc) is 2.65. The summed E-state index contributed by atoms with van der Waals surface area (Å²) < 4.78 is 5.37. The summed E-state index contributed by atoms with van der Waals surface area (Å²) in [6.07, 6.45) is 3.94. The second-order valence-corrected chi connectivity index (χ2v) is 3.91. The van der Waals surface area contributed by atoms with Crippen molar-refractivity contribution in [1.29, 1.82) is 0 Å². The Balaban J connectivity index is 2.06. The van der Waals surface area contributed by atoms with Crippen LogP contribution in [0.5, 0.6) is 0 Å². The fourth-order valence-electron chi connectivity index (χ4n) is 1.78. The Morgan fingerprint density at radius 1 is 1.69 bits per heavy atom. The first-order chi connectivity index (χ1) is 7.68. The molecule has 1 aliphatic heterocycles. The molecule has 1 fully saturated rings. The lowest BCUT2D eigenvalue weighted by Gasteiger charge is -2.16. The van der Waals surface area contributed by atoms with Crippen LogP contribution in [-0.2, 0) is 4.74 Å². The van der Waals surface area contributed by atoms with Crippen molar-refractivity contribution in [2.45, 2.75) is 25.5 Å². The van der Waals surface area contributed by atoms with Gasteiger partial charge >= 0.3 is 0 Å². The highest BCUT2D eigenvalue weighted by atomic mass is 16.5. The Hall–Kier alpha value is -1.62. The summed E-state index contributed by atoms with van der Waals surface area (Å²) in [4.78, 5) is 15.7. The van der Waals surface area contributed by atoms with Crippen LogP contribution in [0.1, 0.15) is 23.7 Å². The number of carbonyl (C=O) groups excluding carboxylic acids is 1. The molecule has 2 unspecified atom stereocenters. The molecule has 5 heteroatoms. The Morgan fingerprint density at radius 2 is 2.50 bits per heavy atom. The number of hydrogen-bond acceptors (Lipinski definition) is 4. The average molecular weight is 221 g/mol. The van der Waals surface area contributed by atoms with Gasteiger partial charge in [-0.15, -0.1) is 0 Å². The number of nitrogens with two attached hydrogens (primary N) is 1. The molecule has 2 rings (SSSR count). The monoisotopic (exact) mass is 221 g/mol. The largest absolute Gasteiger partial charge is 0.397 e. The molecule has 0 aromatic carbocycles. The molecular formula is C11H15N3O2. The van der Waals surface area contributed by atoms with Crippen molar-refractivity contribution in [3.63, 3.8) is 0 Å². The van der Waals surface area contributed by atoms with Crippen LogP contribution in [0.3, 0.4) is 0 Å². The lowest BCUT2D eigenvalue weighted by atomic mass is 10.1. The number of nitrogens with zero attached hydrogens (tertiary/aromatic N) is 1. The lowest BCUT2D eigenvalue weighted by molar-refractivity contribution is 0.0867. The van der Waals surface area contributed by atoms with E-state index in [2.05, 4.69) is 10.3 Å². The normalized spacial score (nSPS) is 24.3. The van der Waals surface area contributed by atoms with Gasteiger partial charge in [-0.3, -0.25) is 9.78 Å². The predicted molar refractivity (Wildman–Crippen MR) is 59.9 cm³/mol. The third kappa shape index (κ3) is 2.14. The van der Waals surface area contributed by atoms with Crippen LogP contribution in [0.2, 0.25) is 0 Å². The van der Waals surface area contributed by atoms with E-state index in [1.54, 1.807) is 12.3 Å². The molecule has 1 aromatic rings. The number of anilines is 1. The molecule has 3 N–H and O–H groups in total. The van der Waals surface area contributed by atoms with Crippen LogP contribution in [0.25, 0.3) is 0 Å². The third-order valence-corrected chi connectivity index (χ3v) is 2.79. The third-order valence-electron chi connectivity index (χ3n) is 2.79. The second-order valence-electron chi connectivity index (χ2n) is 3.91. The Bertz CT molecular complexity index is 395. The minimum Gasteiger partial charge on any atom is -0.397 e. The number of ether oxygens (including phenoxy) is 1. The van der Waals surface area contributed by atoms with E-state index in [4.69, 9.17) is 10.5 Å². The number of amides is 1. The minimum absolute atomic E-state index is 0.0620. The zero-order valence-corrected chi connectivity index (χ0v) is 9.14. The zero-order chi connectivity index (χ0) is 11.5. The van der Waals surface area contributed by atoms with Gasteiger partial charge in [0.05, 0.1) is 29.6 Å². The first kappa shape index (κ1) is 10.9. The molecule has 1 saturated heterocycles. The maximum Gasteiger partial charge on any atom is 0.253 e. The summed E-state index contributed by atoms with van der Waals surface area (Å²) in [5, 5.41) is 2.91. The highest BCUT2D eigenvalue weighted by molar-refractivity contribution is 5.99. The SMILES string of the molecule is CC1OCCC1NC(=O)c1ccncc1N. The molecule has 0 spiro atoms. The number of rotatable bonds is 2. The second kappa shape index (κ2) is 4.49. The van der Waals surface area contributed by atoms with Gasteiger partial charge in [0.25, 0.3) is 5.91 Å². The van der Waals surface area contributed by atoms with Crippen molar-refractivity contribution >= 4 is 11.6 Å². The molecule has 1 amide bonds. The highest BCUT2D eigenvalue weighted by Crippen LogP contribution is 2.15. The molecule has 86 valence electrons. The number of aromatic nitrogens is 1. The molecule has 1 aromatic heterocycles. The maximum atomic E-state index is 11.9. The standard InChI is InChI=1S/C11H15N3O2/c1-7-10(3-5-16-7)14-11(15)8-2-4-13-6-9(8)12/h2,4,6-7,10H,3,5,12H2,1H3,(H,14,15). The summed E-state index contributed by atoms with van der Waals surface area (Å²) in [7, 11) is 0. The van der Waals surface area contributed by atoms with Crippen molar-refractivity contribution in [1.82, 2.24) is 10.3 Å². The van der Waals surface area contributed by atoms with E-state index >= 15 is 0 Å². The lowest BCUT2D eigenvalue weighted by Crippen LogP contribution is -2.39. The van der Waals surface area contributed by atoms with E-state index in [-0.39, 0.29) is 18.1 Å². The molecule has 1 aliphatic rings. The van der Waals surface area contributed by atoms with E-state index in [9.17, 15) is 4.79 Å². The van der Waals surface area contributed by atoms with E-state index in [0.29, 0.717) is 17.9 Å². The Kier molecular flexibility index (Phi) is 3.05. The van der Waals surface area contributed by atoms with Crippen LogP contribution < -0.4 is 11.1 Å². The van der Waals surface area contributed by atoms with Crippen LogP contribution in [0, 0.1) is 0 Å². The van der Waals surface area contributed by atoms with Crippen LogP contribution >= 0.6 is 0 Å². The molecule has 16 heavy (non-hydrogen) atoms. The summed E-state index contributed by atoms with van der Waals surface area (Å²) in [5.74, 6) is -0.165. The van der Waals surface area contributed by atoms with Crippen molar-refractivity contribution < 1.29 is 9.53 Å². The molecule has 0 aliphatic carbocycles. The Labute approximate surface area is 94.0 Å². The quantitative estimate of drug-likeness (QED) is 0.765. The first-order valence-corrected chi connectivity index (χ1v) is 5.30.